The minimum Gasteiger partial charge on any atom is -0.392 e. The summed E-state index contributed by atoms with van der Waals surface area (Å²) in [5, 5.41) is 0. The zero-order valence-electron chi connectivity index (χ0n) is 11.1. The van der Waals surface area contributed by atoms with Crippen LogP contribution in [0.5, 0.6) is 0 Å². The highest BCUT2D eigenvalue weighted by molar-refractivity contribution is 7.80. The molecule has 1 aliphatic carbocycles. The third-order valence-electron chi connectivity index (χ3n) is 3.49. The van der Waals surface area contributed by atoms with E-state index in [4.69, 9.17) is 18.0 Å². The van der Waals surface area contributed by atoms with Gasteiger partial charge in [-0.1, -0.05) is 37.3 Å². The molecule has 0 atom stereocenters. The Balaban J connectivity index is 2.04. The predicted octanol–water partition coefficient (Wildman–Crippen LogP) is 2.67. The molecule has 18 heavy (non-hydrogen) atoms. The minimum absolute atomic E-state index is 0.588. The van der Waals surface area contributed by atoms with Crippen molar-refractivity contribution in [1.82, 2.24) is 4.90 Å². The van der Waals surface area contributed by atoms with Crippen molar-refractivity contribution >= 4 is 17.2 Å². The number of thiocarbonyl (C=S) groups is 1. The fourth-order valence-corrected chi connectivity index (χ4v) is 2.91. The topological polar surface area (TPSA) is 29.3 Å². The number of nitrogens with two attached hydrogens (primary N) is 1. The van der Waals surface area contributed by atoms with Gasteiger partial charge in [0, 0.05) is 13.1 Å². The van der Waals surface area contributed by atoms with Gasteiger partial charge in [0.2, 0.25) is 0 Å². The molecule has 0 aliphatic heterocycles. The van der Waals surface area contributed by atoms with E-state index in [9.17, 15) is 0 Å². The Bertz CT molecular complexity index is 429. The van der Waals surface area contributed by atoms with Crippen LogP contribution in [0, 0.1) is 0 Å². The first-order valence-corrected chi connectivity index (χ1v) is 7.21. The summed E-state index contributed by atoms with van der Waals surface area (Å²) in [6, 6.07) is 6.92. The molecule has 0 fully saturated rings. The molecule has 0 saturated heterocycles. The molecule has 0 heterocycles. The van der Waals surface area contributed by atoms with Gasteiger partial charge in [-0.15, -0.1) is 0 Å². The third kappa shape index (κ3) is 3.53. The molecule has 3 heteroatoms. The van der Waals surface area contributed by atoms with Crippen molar-refractivity contribution in [2.45, 2.75) is 39.2 Å². The highest BCUT2D eigenvalue weighted by Crippen LogP contribution is 2.23. The zero-order valence-corrected chi connectivity index (χ0v) is 11.9. The second-order valence-corrected chi connectivity index (χ2v) is 5.66. The van der Waals surface area contributed by atoms with Crippen molar-refractivity contribution in [3.05, 3.63) is 34.9 Å². The summed E-state index contributed by atoms with van der Waals surface area (Å²) in [6.07, 6.45) is 4.94. The van der Waals surface area contributed by atoms with Crippen molar-refractivity contribution in [1.29, 1.82) is 0 Å². The van der Waals surface area contributed by atoms with Gasteiger partial charge >= 0.3 is 0 Å². The highest BCUT2D eigenvalue weighted by Gasteiger charge is 2.12. The molecule has 0 unspecified atom stereocenters. The fourth-order valence-electron chi connectivity index (χ4n) is 2.73. The maximum Gasteiger partial charge on any atom is 0.0870 e. The van der Waals surface area contributed by atoms with Crippen molar-refractivity contribution in [2.75, 3.05) is 13.1 Å². The molecular weight excluding hydrogens is 240 g/mol. The van der Waals surface area contributed by atoms with Crippen LogP contribution in [0.1, 0.15) is 36.5 Å². The quantitative estimate of drug-likeness (QED) is 0.799. The van der Waals surface area contributed by atoms with Crippen LogP contribution >= 0.6 is 12.2 Å². The van der Waals surface area contributed by atoms with E-state index >= 15 is 0 Å². The number of nitrogens with zero attached hydrogens (tertiary/aromatic N) is 1. The predicted molar refractivity (Wildman–Crippen MR) is 80.8 cm³/mol. The average Bonchev–Trinajstić information content (AvgIpc) is 2.75. The zero-order chi connectivity index (χ0) is 13.0. The summed E-state index contributed by atoms with van der Waals surface area (Å²) >= 11 is 5.02. The largest absolute Gasteiger partial charge is 0.392 e. The molecule has 0 saturated carbocycles. The maximum absolute atomic E-state index is 5.66. The minimum atomic E-state index is 0.588. The highest BCUT2D eigenvalue weighted by atomic mass is 32.1. The van der Waals surface area contributed by atoms with Crippen LogP contribution in [-0.4, -0.2) is 23.0 Å². The Labute approximate surface area is 115 Å². The SMILES string of the molecule is CCCN(CC(N)=S)Cc1ccc2c(c1)CCC2. The van der Waals surface area contributed by atoms with Crippen molar-refractivity contribution in [3.63, 3.8) is 0 Å². The van der Waals surface area contributed by atoms with E-state index in [1.807, 2.05) is 0 Å². The molecule has 2 N–H and O–H groups in total. The van der Waals surface area contributed by atoms with E-state index in [0.29, 0.717) is 4.99 Å². The first-order chi connectivity index (χ1) is 8.69. The van der Waals surface area contributed by atoms with Gasteiger partial charge in [-0.05, 0) is 48.9 Å². The Kier molecular flexibility index (Phi) is 4.72. The molecule has 1 aromatic carbocycles. The van der Waals surface area contributed by atoms with E-state index < -0.39 is 0 Å². The van der Waals surface area contributed by atoms with Gasteiger partial charge in [-0.3, -0.25) is 4.90 Å². The van der Waals surface area contributed by atoms with Crippen LogP contribution in [0.25, 0.3) is 0 Å². The van der Waals surface area contributed by atoms with Gasteiger partial charge < -0.3 is 5.73 Å². The van der Waals surface area contributed by atoms with Gasteiger partial charge in [0.25, 0.3) is 0 Å². The van der Waals surface area contributed by atoms with E-state index in [2.05, 4.69) is 30.0 Å². The monoisotopic (exact) mass is 262 g/mol. The Morgan fingerprint density at radius 2 is 2.11 bits per heavy atom. The standard InChI is InChI=1S/C15H22N2S/c1-2-8-17(11-15(16)18)10-12-6-7-13-4-3-5-14(13)9-12/h6-7,9H,2-5,8,10-11H2,1H3,(H2,16,18). The van der Waals surface area contributed by atoms with Crippen LogP contribution in [0.2, 0.25) is 0 Å². The van der Waals surface area contributed by atoms with Crippen LogP contribution in [0.4, 0.5) is 0 Å². The van der Waals surface area contributed by atoms with Crippen LogP contribution in [0.15, 0.2) is 18.2 Å². The summed E-state index contributed by atoms with van der Waals surface area (Å²) in [7, 11) is 0. The molecule has 0 spiro atoms. The Morgan fingerprint density at radius 1 is 1.33 bits per heavy atom. The number of rotatable bonds is 6. The Hall–Kier alpha value is -0.930. The van der Waals surface area contributed by atoms with Gasteiger partial charge in [0.05, 0.1) is 4.99 Å². The molecule has 0 radical (unpaired) electrons. The smallest absolute Gasteiger partial charge is 0.0870 e. The summed E-state index contributed by atoms with van der Waals surface area (Å²) < 4.78 is 0. The first kappa shape index (κ1) is 13.5. The lowest BCUT2D eigenvalue weighted by Gasteiger charge is -2.21. The summed E-state index contributed by atoms with van der Waals surface area (Å²) in [6.45, 7) is 4.92. The van der Waals surface area contributed by atoms with Gasteiger partial charge in [-0.2, -0.15) is 0 Å². The lowest BCUT2D eigenvalue weighted by Crippen LogP contribution is -2.32. The molecule has 0 bridgehead atoms. The van der Waals surface area contributed by atoms with E-state index in [-0.39, 0.29) is 0 Å². The number of benzene rings is 1. The van der Waals surface area contributed by atoms with Gasteiger partial charge in [0.1, 0.15) is 0 Å². The van der Waals surface area contributed by atoms with E-state index in [1.54, 1.807) is 5.56 Å². The summed E-state index contributed by atoms with van der Waals surface area (Å²) in [5.41, 5.74) is 10.1. The average molecular weight is 262 g/mol. The second-order valence-electron chi connectivity index (χ2n) is 5.13. The number of hydrogen-bond acceptors (Lipinski definition) is 2. The van der Waals surface area contributed by atoms with Crippen LogP contribution in [0.3, 0.4) is 0 Å². The van der Waals surface area contributed by atoms with Gasteiger partial charge in [-0.25, -0.2) is 0 Å². The fraction of sp³-hybridized carbons (Fsp3) is 0.533. The number of aryl methyl sites for hydroxylation is 2. The lowest BCUT2D eigenvalue weighted by molar-refractivity contribution is 0.304. The van der Waals surface area contributed by atoms with Crippen LogP contribution in [-0.2, 0) is 19.4 Å². The molecule has 2 rings (SSSR count). The second kappa shape index (κ2) is 6.30. The molecule has 98 valence electrons. The van der Waals surface area contributed by atoms with E-state index in [1.165, 1.54) is 30.4 Å². The summed E-state index contributed by atoms with van der Waals surface area (Å²) in [4.78, 5) is 2.92. The molecule has 2 nitrogen and oxygen atoms in total. The van der Waals surface area contributed by atoms with Crippen molar-refractivity contribution < 1.29 is 0 Å². The number of hydrogen-bond donors (Lipinski definition) is 1. The third-order valence-corrected chi connectivity index (χ3v) is 3.62. The summed E-state index contributed by atoms with van der Waals surface area (Å²) in [5.74, 6) is 0. The molecule has 0 aromatic heterocycles. The molecule has 0 amide bonds. The molecule has 1 aromatic rings. The first-order valence-electron chi connectivity index (χ1n) is 6.80. The number of fused-ring (bicyclic) bond motifs is 1. The maximum atomic E-state index is 5.66. The van der Waals surface area contributed by atoms with Crippen molar-refractivity contribution in [3.8, 4) is 0 Å². The van der Waals surface area contributed by atoms with E-state index in [0.717, 1.165) is 26.1 Å². The lowest BCUT2D eigenvalue weighted by atomic mass is 10.1. The molecule has 1 aliphatic rings. The normalized spacial score (nSPS) is 13.9. The molecular formula is C15H22N2S. The van der Waals surface area contributed by atoms with Crippen LogP contribution < -0.4 is 5.73 Å². The Morgan fingerprint density at radius 3 is 2.83 bits per heavy atom. The van der Waals surface area contributed by atoms with Crippen molar-refractivity contribution in [2.24, 2.45) is 5.73 Å². The van der Waals surface area contributed by atoms with Gasteiger partial charge in [0.15, 0.2) is 0 Å².